The van der Waals surface area contributed by atoms with Gasteiger partial charge in [-0.15, -0.1) is 4.40 Å². The lowest BCUT2D eigenvalue weighted by Gasteiger charge is -2.16. The van der Waals surface area contributed by atoms with Gasteiger partial charge in [-0.05, 0) is 42.5 Å². The van der Waals surface area contributed by atoms with Gasteiger partial charge >= 0.3 is 0 Å². The molecule has 0 aliphatic rings. The van der Waals surface area contributed by atoms with Gasteiger partial charge in [-0.1, -0.05) is 23.7 Å². The maximum atomic E-state index is 12.9. The Morgan fingerprint density at radius 1 is 0.972 bits per heavy atom. The van der Waals surface area contributed by atoms with Crippen molar-refractivity contribution in [1.82, 2.24) is 9.88 Å². The van der Waals surface area contributed by atoms with E-state index in [-0.39, 0.29) is 28.5 Å². The summed E-state index contributed by atoms with van der Waals surface area (Å²) in [5, 5.41) is 5.81. The monoisotopic (exact) mass is 529 g/mol. The van der Waals surface area contributed by atoms with Crippen LogP contribution in [0.5, 0.6) is 5.75 Å². The third-order valence-electron chi connectivity index (χ3n) is 4.77. The largest absolute Gasteiger partial charge is 0.497 e. The van der Waals surface area contributed by atoms with Gasteiger partial charge in [-0.2, -0.15) is 0 Å². The highest BCUT2D eigenvalue weighted by Gasteiger charge is 2.17. The third kappa shape index (κ3) is 7.03. The summed E-state index contributed by atoms with van der Waals surface area (Å²) in [6.07, 6.45) is 2.40. The first kappa shape index (κ1) is 26.6. The molecule has 0 atom stereocenters. The molecule has 0 fully saturated rings. The zero-order chi connectivity index (χ0) is 26.5. The van der Waals surface area contributed by atoms with Crippen molar-refractivity contribution in [2.75, 3.05) is 38.1 Å². The maximum Gasteiger partial charge on any atom is 0.259 e. The number of carbonyl (C=O) groups is 2. The van der Waals surface area contributed by atoms with E-state index in [0.717, 1.165) is 6.26 Å². The summed E-state index contributed by atoms with van der Waals surface area (Å²) < 4.78 is 32.2. The van der Waals surface area contributed by atoms with Gasteiger partial charge in [0.15, 0.2) is 0 Å². The second-order valence-corrected chi connectivity index (χ2v) is 9.89. The number of hydrogen-bond acceptors (Lipinski definition) is 6. The standard InChI is InChI=1S/C24H24ClN5O5S/c1-30(2)22(29-36(4,33)34)15-5-7-16(8-6-15)23(31)27-20-11-10-18(35-3)13-19(20)24(32)28-21-12-9-17(25)14-26-21/h5-14H,1-4H3,(H,27,31)(H,26,28,32)/b29-22+. The Bertz CT molecular complexity index is 1410. The Labute approximate surface area is 214 Å². The molecule has 0 spiro atoms. The molecule has 0 saturated carbocycles. The van der Waals surface area contributed by atoms with E-state index in [1.165, 1.54) is 31.5 Å². The number of sulfonamides is 1. The summed E-state index contributed by atoms with van der Waals surface area (Å²) in [7, 11) is 1.18. The van der Waals surface area contributed by atoms with Gasteiger partial charge in [0.2, 0.25) is 0 Å². The normalized spacial score (nSPS) is 11.5. The molecule has 3 aromatic rings. The molecule has 2 N–H and O–H groups in total. The molecule has 188 valence electrons. The van der Waals surface area contributed by atoms with Gasteiger partial charge in [0.05, 0.1) is 29.6 Å². The molecule has 1 aromatic heterocycles. The highest BCUT2D eigenvalue weighted by molar-refractivity contribution is 7.89. The molecule has 2 amide bonds. The number of pyridine rings is 1. The lowest BCUT2D eigenvalue weighted by atomic mass is 10.1. The quantitative estimate of drug-likeness (QED) is 0.354. The van der Waals surface area contributed by atoms with Crippen LogP contribution in [0.15, 0.2) is 65.2 Å². The molecule has 36 heavy (non-hydrogen) atoms. The van der Waals surface area contributed by atoms with Crippen LogP contribution >= 0.6 is 11.6 Å². The first-order valence-electron chi connectivity index (χ1n) is 10.5. The number of hydrogen-bond donors (Lipinski definition) is 2. The van der Waals surface area contributed by atoms with Crippen molar-refractivity contribution in [3.8, 4) is 5.75 Å². The van der Waals surface area contributed by atoms with Crippen molar-refractivity contribution in [2.24, 2.45) is 4.40 Å². The summed E-state index contributed by atoms with van der Waals surface area (Å²) in [5.41, 5.74) is 1.22. The van der Waals surface area contributed by atoms with E-state index in [4.69, 9.17) is 16.3 Å². The SMILES string of the molecule is COc1ccc(NC(=O)c2ccc(/C(=N\S(C)(=O)=O)N(C)C)cc2)c(C(=O)Nc2ccc(Cl)cn2)c1. The van der Waals surface area contributed by atoms with Gasteiger partial charge in [0.1, 0.15) is 17.4 Å². The van der Waals surface area contributed by atoms with Crippen LogP contribution in [0.25, 0.3) is 0 Å². The van der Waals surface area contributed by atoms with Crippen molar-refractivity contribution in [2.45, 2.75) is 0 Å². The van der Waals surface area contributed by atoms with Crippen LogP contribution in [-0.2, 0) is 10.0 Å². The number of rotatable bonds is 7. The molecule has 0 radical (unpaired) electrons. The fraction of sp³-hybridized carbons (Fsp3) is 0.167. The fourth-order valence-electron chi connectivity index (χ4n) is 3.10. The predicted molar refractivity (Wildman–Crippen MR) is 140 cm³/mol. The van der Waals surface area contributed by atoms with E-state index in [0.29, 0.717) is 16.3 Å². The van der Waals surface area contributed by atoms with Crippen molar-refractivity contribution >= 4 is 50.8 Å². The molecule has 2 aromatic carbocycles. The van der Waals surface area contributed by atoms with Crippen molar-refractivity contribution in [3.05, 3.63) is 82.5 Å². The third-order valence-corrected chi connectivity index (χ3v) is 5.50. The minimum Gasteiger partial charge on any atom is -0.497 e. The van der Waals surface area contributed by atoms with Crippen LogP contribution in [0.1, 0.15) is 26.3 Å². The number of methoxy groups -OCH3 is 1. The zero-order valence-corrected chi connectivity index (χ0v) is 21.5. The molecular formula is C24H24ClN5O5S. The number of ether oxygens (including phenoxy) is 1. The number of benzene rings is 2. The molecule has 1 heterocycles. The highest BCUT2D eigenvalue weighted by Crippen LogP contribution is 2.24. The molecule has 12 heteroatoms. The van der Waals surface area contributed by atoms with Gasteiger partial charge in [-0.25, -0.2) is 13.4 Å². The molecule has 0 aliphatic heterocycles. The van der Waals surface area contributed by atoms with Crippen LogP contribution in [-0.4, -0.2) is 63.4 Å². The summed E-state index contributed by atoms with van der Waals surface area (Å²) in [4.78, 5) is 31.5. The van der Waals surface area contributed by atoms with Crippen LogP contribution < -0.4 is 15.4 Å². The smallest absolute Gasteiger partial charge is 0.259 e. The second-order valence-electron chi connectivity index (χ2n) is 7.80. The van der Waals surface area contributed by atoms with E-state index in [9.17, 15) is 18.0 Å². The second kappa shape index (κ2) is 11.2. The van der Waals surface area contributed by atoms with E-state index < -0.39 is 21.8 Å². The average Bonchev–Trinajstić information content (AvgIpc) is 2.83. The Morgan fingerprint density at radius 3 is 2.19 bits per heavy atom. The number of anilines is 2. The molecule has 0 unspecified atom stereocenters. The molecule has 3 rings (SSSR count). The minimum absolute atomic E-state index is 0.159. The first-order valence-corrected chi connectivity index (χ1v) is 12.7. The molecule has 10 nitrogen and oxygen atoms in total. The lowest BCUT2D eigenvalue weighted by molar-refractivity contribution is 0.102. The molecular weight excluding hydrogens is 506 g/mol. The Balaban J connectivity index is 1.85. The van der Waals surface area contributed by atoms with Crippen molar-refractivity contribution < 1.29 is 22.7 Å². The number of carbonyl (C=O) groups excluding carboxylic acids is 2. The summed E-state index contributed by atoms with van der Waals surface area (Å²) >= 11 is 5.84. The van der Waals surface area contributed by atoms with Crippen LogP contribution in [0.3, 0.4) is 0 Å². The van der Waals surface area contributed by atoms with Crippen molar-refractivity contribution in [1.29, 1.82) is 0 Å². The zero-order valence-electron chi connectivity index (χ0n) is 19.9. The molecule has 0 aliphatic carbocycles. The van der Waals surface area contributed by atoms with Gasteiger partial charge in [-0.3, -0.25) is 9.59 Å². The van der Waals surface area contributed by atoms with Crippen LogP contribution in [0.2, 0.25) is 5.02 Å². The predicted octanol–water partition coefficient (Wildman–Crippen LogP) is 3.52. The number of nitrogens with zero attached hydrogens (tertiary/aromatic N) is 3. The topological polar surface area (TPSA) is 130 Å². The maximum absolute atomic E-state index is 12.9. The number of nitrogens with one attached hydrogen (secondary N) is 2. The van der Waals surface area contributed by atoms with Crippen LogP contribution in [0.4, 0.5) is 11.5 Å². The van der Waals surface area contributed by atoms with Crippen LogP contribution in [0, 0.1) is 0 Å². The Morgan fingerprint density at radius 2 is 1.64 bits per heavy atom. The number of amides is 2. The van der Waals surface area contributed by atoms with Crippen molar-refractivity contribution in [3.63, 3.8) is 0 Å². The number of halogens is 1. The lowest BCUT2D eigenvalue weighted by Crippen LogP contribution is -2.24. The first-order chi connectivity index (χ1) is 17.0. The number of amidine groups is 1. The van der Waals surface area contributed by atoms with E-state index in [1.54, 1.807) is 55.4 Å². The molecule has 0 bridgehead atoms. The van der Waals surface area contributed by atoms with Gasteiger partial charge < -0.3 is 20.3 Å². The highest BCUT2D eigenvalue weighted by atomic mass is 35.5. The summed E-state index contributed by atoms with van der Waals surface area (Å²) in [5.74, 6) is -0.0475. The Kier molecular flexibility index (Phi) is 8.28. The Hall–Kier alpha value is -3.96. The van der Waals surface area contributed by atoms with Gasteiger partial charge in [0.25, 0.3) is 21.8 Å². The van der Waals surface area contributed by atoms with E-state index in [2.05, 4.69) is 20.0 Å². The minimum atomic E-state index is -3.62. The van der Waals surface area contributed by atoms with Gasteiger partial charge in [0, 0.05) is 31.4 Å². The van der Waals surface area contributed by atoms with E-state index >= 15 is 0 Å². The average molecular weight is 530 g/mol. The summed E-state index contributed by atoms with van der Waals surface area (Å²) in [6, 6.07) is 14.0. The molecule has 0 saturated heterocycles. The fourth-order valence-corrected chi connectivity index (χ4v) is 3.79. The summed E-state index contributed by atoms with van der Waals surface area (Å²) in [6.45, 7) is 0. The number of aromatic nitrogens is 1. The van der Waals surface area contributed by atoms with E-state index in [1.807, 2.05) is 0 Å².